The number of anilines is 1. The first-order valence-corrected chi connectivity index (χ1v) is 10.3. The van der Waals surface area contributed by atoms with E-state index in [0.29, 0.717) is 19.7 Å². The van der Waals surface area contributed by atoms with Crippen molar-refractivity contribution < 1.29 is 13.9 Å². The number of amides is 1. The Kier molecular flexibility index (Phi) is 6.11. The largest absolute Gasteiger partial charge is 0.373 e. The lowest BCUT2D eigenvalue weighted by Gasteiger charge is -2.40. The summed E-state index contributed by atoms with van der Waals surface area (Å²) < 4.78 is 19.1. The molecule has 0 saturated carbocycles. The van der Waals surface area contributed by atoms with E-state index >= 15 is 0 Å². The summed E-state index contributed by atoms with van der Waals surface area (Å²) in [6.45, 7) is 8.34. The fraction of sp³-hybridized carbons (Fsp3) is 0.435. The molecule has 2 saturated heterocycles. The van der Waals surface area contributed by atoms with E-state index in [-0.39, 0.29) is 17.8 Å². The van der Waals surface area contributed by atoms with Crippen LogP contribution in [0.5, 0.6) is 0 Å². The zero-order chi connectivity index (χ0) is 20.2. The van der Waals surface area contributed by atoms with Crippen LogP contribution in [0.3, 0.4) is 0 Å². The average molecular weight is 397 g/mol. The maximum atomic E-state index is 13.1. The van der Waals surface area contributed by atoms with Crippen LogP contribution in [0.4, 0.5) is 10.1 Å². The summed E-state index contributed by atoms with van der Waals surface area (Å²) in [7, 11) is 0. The molecule has 154 valence electrons. The Bertz CT molecular complexity index is 834. The summed E-state index contributed by atoms with van der Waals surface area (Å²) in [6, 6.07) is 14.4. The fourth-order valence-corrected chi connectivity index (χ4v) is 4.13. The number of carbonyl (C=O) groups is 1. The third kappa shape index (κ3) is 4.77. The molecule has 0 aliphatic carbocycles. The highest BCUT2D eigenvalue weighted by Gasteiger charge is 2.28. The molecule has 2 aromatic rings. The van der Waals surface area contributed by atoms with Gasteiger partial charge in [0.2, 0.25) is 0 Å². The van der Waals surface area contributed by atoms with Gasteiger partial charge in [0.15, 0.2) is 0 Å². The smallest absolute Gasteiger partial charge is 0.254 e. The molecular weight excluding hydrogens is 369 g/mol. The first-order chi connectivity index (χ1) is 14.1. The molecule has 2 aromatic carbocycles. The van der Waals surface area contributed by atoms with Crippen LogP contribution in [-0.2, 0) is 4.74 Å². The van der Waals surface area contributed by atoms with Crippen LogP contribution < -0.4 is 4.90 Å². The van der Waals surface area contributed by atoms with Gasteiger partial charge in [-0.15, -0.1) is 0 Å². The van der Waals surface area contributed by atoms with Gasteiger partial charge in [-0.05, 0) is 42.8 Å². The van der Waals surface area contributed by atoms with E-state index in [1.54, 1.807) is 0 Å². The summed E-state index contributed by atoms with van der Waals surface area (Å²) in [5.41, 5.74) is 2.86. The molecule has 1 amide bonds. The Hall–Kier alpha value is -2.44. The molecule has 4 rings (SSSR count). The normalized spacial score (nSPS) is 20.7. The molecule has 1 atom stereocenters. The van der Waals surface area contributed by atoms with E-state index in [2.05, 4.69) is 9.80 Å². The Labute approximate surface area is 171 Å². The minimum Gasteiger partial charge on any atom is -0.373 e. The lowest BCUT2D eigenvalue weighted by atomic mass is 10.1. The minimum absolute atomic E-state index is 0.0362. The number of hydrogen-bond acceptors (Lipinski definition) is 4. The first kappa shape index (κ1) is 19.9. The topological polar surface area (TPSA) is 36.0 Å². The fourth-order valence-electron chi connectivity index (χ4n) is 4.13. The van der Waals surface area contributed by atoms with E-state index in [4.69, 9.17) is 4.74 Å². The van der Waals surface area contributed by atoms with Crippen molar-refractivity contribution in [3.63, 3.8) is 0 Å². The molecule has 1 unspecified atom stereocenters. The monoisotopic (exact) mass is 397 g/mol. The maximum absolute atomic E-state index is 13.1. The Balaban J connectivity index is 1.29. The van der Waals surface area contributed by atoms with Crippen LogP contribution in [-0.4, -0.2) is 74.2 Å². The molecule has 2 fully saturated rings. The third-order valence-corrected chi connectivity index (χ3v) is 5.83. The van der Waals surface area contributed by atoms with Gasteiger partial charge in [0.05, 0.1) is 12.7 Å². The number of rotatable bonds is 4. The molecule has 0 N–H and O–H groups in total. The summed E-state index contributed by atoms with van der Waals surface area (Å²) in [5, 5.41) is 0. The van der Waals surface area contributed by atoms with Gasteiger partial charge < -0.3 is 14.5 Å². The number of ether oxygens (including phenoxy) is 1. The average Bonchev–Trinajstić information content (AvgIpc) is 2.75. The lowest BCUT2D eigenvalue weighted by Crippen LogP contribution is -2.53. The molecule has 2 aliphatic rings. The quantitative estimate of drug-likeness (QED) is 0.795. The molecule has 5 nitrogen and oxygen atoms in total. The van der Waals surface area contributed by atoms with Gasteiger partial charge in [0, 0.05) is 57.1 Å². The zero-order valence-corrected chi connectivity index (χ0v) is 16.9. The summed E-state index contributed by atoms with van der Waals surface area (Å²) >= 11 is 0. The van der Waals surface area contributed by atoms with E-state index in [1.165, 1.54) is 12.1 Å². The Morgan fingerprint density at radius 1 is 1.03 bits per heavy atom. The highest BCUT2D eigenvalue weighted by atomic mass is 19.1. The van der Waals surface area contributed by atoms with Gasteiger partial charge in [0.25, 0.3) is 5.91 Å². The maximum Gasteiger partial charge on any atom is 0.254 e. The van der Waals surface area contributed by atoms with Crippen LogP contribution in [0, 0.1) is 12.7 Å². The highest BCUT2D eigenvalue weighted by molar-refractivity contribution is 5.95. The molecule has 0 bridgehead atoms. The van der Waals surface area contributed by atoms with Crippen LogP contribution in [0.15, 0.2) is 48.5 Å². The van der Waals surface area contributed by atoms with E-state index in [9.17, 15) is 9.18 Å². The number of hydrogen-bond donors (Lipinski definition) is 0. The second-order valence-corrected chi connectivity index (χ2v) is 7.82. The Morgan fingerprint density at radius 2 is 1.76 bits per heavy atom. The predicted octanol–water partition coefficient (Wildman–Crippen LogP) is 2.80. The first-order valence-electron chi connectivity index (χ1n) is 10.3. The van der Waals surface area contributed by atoms with Gasteiger partial charge in [-0.3, -0.25) is 9.69 Å². The van der Waals surface area contributed by atoms with Gasteiger partial charge in [-0.2, -0.15) is 0 Å². The van der Waals surface area contributed by atoms with E-state index in [1.807, 2.05) is 48.2 Å². The number of piperazine rings is 1. The van der Waals surface area contributed by atoms with Crippen molar-refractivity contribution in [1.82, 2.24) is 9.80 Å². The van der Waals surface area contributed by atoms with Gasteiger partial charge >= 0.3 is 0 Å². The van der Waals surface area contributed by atoms with Crippen LogP contribution in [0.2, 0.25) is 0 Å². The molecule has 6 heteroatoms. The van der Waals surface area contributed by atoms with Crippen LogP contribution >= 0.6 is 0 Å². The second-order valence-electron chi connectivity index (χ2n) is 7.82. The number of nitrogens with zero attached hydrogens (tertiary/aromatic N) is 3. The number of benzene rings is 2. The van der Waals surface area contributed by atoms with Crippen molar-refractivity contribution in [2.45, 2.75) is 13.0 Å². The SMILES string of the molecule is Cc1ccccc1C(=O)N1CCOC(CN2CCN(c3ccc(F)cc3)CC2)C1. The summed E-state index contributed by atoms with van der Waals surface area (Å²) in [4.78, 5) is 19.5. The third-order valence-electron chi connectivity index (χ3n) is 5.83. The van der Waals surface area contributed by atoms with Crippen molar-refractivity contribution >= 4 is 11.6 Å². The second kappa shape index (κ2) is 8.93. The van der Waals surface area contributed by atoms with Crippen molar-refractivity contribution in [3.8, 4) is 0 Å². The molecule has 0 aromatic heterocycles. The van der Waals surface area contributed by atoms with Crippen LogP contribution in [0.1, 0.15) is 15.9 Å². The summed E-state index contributed by atoms with van der Waals surface area (Å²) in [6.07, 6.45) is 0.0362. The molecule has 29 heavy (non-hydrogen) atoms. The van der Waals surface area contributed by atoms with Gasteiger partial charge in [-0.1, -0.05) is 18.2 Å². The predicted molar refractivity (Wildman–Crippen MR) is 112 cm³/mol. The number of morpholine rings is 1. The summed E-state index contributed by atoms with van der Waals surface area (Å²) in [5.74, 6) is -0.107. The lowest BCUT2D eigenvalue weighted by molar-refractivity contribution is -0.0363. The van der Waals surface area contributed by atoms with Crippen molar-refractivity contribution in [2.24, 2.45) is 0 Å². The minimum atomic E-state index is -0.202. The number of carbonyl (C=O) groups excluding carboxylic acids is 1. The van der Waals surface area contributed by atoms with Crippen LogP contribution in [0.25, 0.3) is 0 Å². The van der Waals surface area contributed by atoms with Crippen molar-refractivity contribution in [2.75, 3.05) is 57.3 Å². The van der Waals surface area contributed by atoms with E-state index < -0.39 is 0 Å². The molecule has 2 heterocycles. The molecule has 2 aliphatic heterocycles. The standard InChI is InChI=1S/C23H28FN3O2/c1-18-4-2-3-5-22(18)23(28)27-14-15-29-21(17-27)16-25-10-12-26(13-11-25)20-8-6-19(24)7-9-20/h2-9,21H,10-17H2,1H3. The molecular formula is C23H28FN3O2. The van der Waals surface area contributed by atoms with Gasteiger partial charge in [0.1, 0.15) is 5.82 Å². The molecule has 0 spiro atoms. The van der Waals surface area contributed by atoms with Crippen molar-refractivity contribution in [3.05, 3.63) is 65.5 Å². The Morgan fingerprint density at radius 3 is 2.48 bits per heavy atom. The van der Waals surface area contributed by atoms with Gasteiger partial charge in [-0.25, -0.2) is 4.39 Å². The van der Waals surface area contributed by atoms with Crippen molar-refractivity contribution in [1.29, 1.82) is 0 Å². The molecule has 0 radical (unpaired) electrons. The van der Waals surface area contributed by atoms with E-state index in [0.717, 1.165) is 49.5 Å². The number of halogens is 1. The highest BCUT2D eigenvalue weighted by Crippen LogP contribution is 2.18. The zero-order valence-electron chi connectivity index (χ0n) is 16.9. The number of aryl methyl sites for hydroxylation is 1.